The van der Waals surface area contributed by atoms with Crippen LogP contribution in [0.3, 0.4) is 0 Å². The van der Waals surface area contributed by atoms with Crippen LogP contribution in [-0.2, 0) is 9.53 Å². The van der Waals surface area contributed by atoms with Gasteiger partial charge >= 0.3 is 5.97 Å². The van der Waals surface area contributed by atoms with Gasteiger partial charge in [0.05, 0.1) is 4.92 Å². The van der Waals surface area contributed by atoms with Gasteiger partial charge in [0.25, 0.3) is 5.69 Å². The molecule has 0 bridgehead atoms. The molecule has 3 rings (SSSR count). The number of ether oxygens (including phenoxy) is 2. The number of nitro benzene ring substituents is 1. The van der Waals surface area contributed by atoms with E-state index >= 15 is 0 Å². The minimum atomic E-state index is -0.666. The van der Waals surface area contributed by atoms with Crippen LogP contribution in [0.25, 0.3) is 6.08 Å². The average Bonchev–Trinajstić information content (AvgIpc) is 3.01. The first kappa shape index (κ1) is 18.3. The van der Waals surface area contributed by atoms with Crippen molar-refractivity contribution >= 4 is 35.2 Å². The SMILES string of the molecule is C=CCOc1ccccc1C=C1N=C(c2ccc(Cl)c([N+](=O)[O-])c2)OC1=O. The summed E-state index contributed by atoms with van der Waals surface area (Å²) in [5.41, 5.74) is 0.670. The molecule has 0 amide bonds. The van der Waals surface area contributed by atoms with E-state index in [0.29, 0.717) is 17.9 Å². The molecule has 0 saturated carbocycles. The molecular weight excluding hydrogens is 372 g/mol. The number of carbonyl (C=O) groups excluding carboxylic acids is 1. The van der Waals surface area contributed by atoms with E-state index in [1.54, 1.807) is 30.3 Å². The Bertz CT molecular complexity index is 997. The minimum Gasteiger partial charge on any atom is -0.489 e. The predicted molar refractivity (Wildman–Crippen MR) is 101 cm³/mol. The van der Waals surface area contributed by atoms with E-state index in [-0.39, 0.29) is 27.9 Å². The fourth-order valence-electron chi connectivity index (χ4n) is 2.35. The van der Waals surface area contributed by atoms with E-state index in [1.165, 1.54) is 24.3 Å². The van der Waals surface area contributed by atoms with Gasteiger partial charge in [-0.05, 0) is 24.3 Å². The maximum absolute atomic E-state index is 12.2. The van der Waals surface area contributed by atoms with Gasteiger partial charge in [0.2, 0.25) is 5.90 Å². The lowest BCUT2D eigenvalue weighted by Crippen LogP contribution is -2.06. The van der Waals surface area contributed by atoms with Crippen molar-refractivity contribution in [2.24, 2.45) is 4.99 Å². The third-order valence-corrected chi connectivity index (χ3v) is 3.90. The fraction of sp³-hybridized carbons (Fsp3) is 0.0526. The molecule has 136 valence electrons. The topological polar surface area (TPSA) is 91.0 Å². The molecule has 0 saturated heterocycles. The molecule has 8 heteroatoms. The summed E-state index contributed by atoms with van der Waals surface area (Å²) in [6, 6.07) is 11.2. The highest BCUT2D eigenvalue weighted by Crippen LogP contribution is 2.28. The highest BCUT2D eigenvalue weighted by atomic mass is 35.5. The third kappa shape index (κ3) is 4.04. The molecule has 7 nitrogen and oxygen atoms in total. The van der Waals surface area contributed by atoms with Gasteiger partial charge < -0.3 is 9.47 Å². The molecule has 0 aliphatic carbocycles. The summed E-state index contributed by atoms with van der Waals surface area (Å²) in [4.78, 5) is 26.7. The van der Waals surface area contributed by atoms with Crippen molar-refractivity contribution in [3.63, 3.8) is 0 Å². The number of benzene rings is 2. The maximum atomic E-state index is 12.2. The first-order chi connectivity index (χ1) is 13.0. The third-order valence-electron chi connectivity index (χ3n) is 3.58. The number of rotatable bonds is 6. The van der Waals surface area contributed by atoms with Crippen molar-refractivity contribution in [2.45, 2.75) is 0 Å². The number of nitro groups is 1. The van der Waals surface area contributed by atoms with Crippen LogP contribution in [0.4, 0.5) is 5.69 Å². The number of halogens is 1. The number of cyclic esters (lactones) is 1. The number of carbonyl (C=O) groups is 1. The van der Waals surface area contributed by atoms with Crippen molar-refractivity contribution in [1.82, 2.24) is 0 Å². The van der Waals surface area contributed by atoms with Crippen LogP contribution < -0.4 is 4.74 Å². The van der Waals surface area contributed by atoms with Crippen molar-refractivity contribution in [1.29, 1.82) is 0 Å². The molecule has 27 heavy (non-hydrogen) atoms. The van der Waals surface area contributed by atoms with Crippen LogP contribution >= 0.6 is 11.6 Å². The molecule has 0 spiro atoms. The molecular formula is C19H13ClN2O5. The Kier molecular flexibility index (Phi) is 5.33. The zero-order valence-corrected chi connectivity index (χ0v) is 14.7. The second-order valence-electron chi connectivity index (χ2n) is 5.40. The van der Waals surface area contributed by atoms with Crippen molar-refractivity contribution in [2.75, 3.05) is 6.61 Å². The fourth-order valence-corrected chi connectivity index (χ4v) is 2.53. The van der Waals surface area contributed by atoms with Crippen LogP contribution in [0.2, 0.25) is 5.02 Å². The number of para-hydroxylation sites is 1. The lowest BCUT2D eigenvalue weighted by molar-refractivity contribution is -0.384. The normalized spacial score (nSPS) is 14.6. The van der Waals surface area contributed by atoms with Gasteiger partial charge in [0.1, 0.15) is 17.4 Å². The van der Waals surface area contributed by atoms with Gasteiger partial charge in [-0.1, -0.05) is 42.5 Å². The molecule has 2 aromatic rings. The van der Waals surface area contributed by atoms with E-state index in [0.717, 1.165) is 0 Å². The van der Waals surface area contributed by atoms with Gasteiger partial charge in [-0.2, -0.15) is 0 Å². The summed E-state index contributed by atoms with van der Waals surface area (Å²) >= 11 is 5.80. The number of hydrogen-bond donors (Lipinski definition) is 0. The summed E-state index contributed by atoms with van der Waals surface area (Å²) in [5, 5.41) is 11.0. The van der Waals surface area contributed by atoms with Gasteiger partial charge in [0.15, 0.2) is 5.70 Å². The largest absolute Gasteiger partial charge is 0.489 e. The van der Waals surface area contributed by atoms with E-state index in [9.17, 15) is 14.9 Å². The van der Waals surface area contributed by atoms with E-state index < -0.39 is 10.9 Å². The molecule has 0 N–H and O–H groups in total. The predicted octanol–water partition coefficient (Wildman–Crippen LogP) is 4.16. The van der Waals surface area contributed by atoms with Gasteiger partial charge in [0, 0.05) is 17.2 Å². The van der Waals surface area contributed by atoms with Crippen molar-refractivity contribution < 1.29 is 19.2 Å². The van der Waals surface area contributed by atoms with Crippen molar-refractivity contribution in [3.05, 3.63) is 87.1 Å². The lowest BCUT2D eigenvalue weighted by Gasteiger charge is -2.06. The second kappa shape index (κ2) is 7.84. The summed E-state index contributed by atoms with van der Waals surface area (Å²) in [5.74, 6) is -0.139. The summed E-state index contributed by atoms with van der Waals surface area (Å²) in [7, 11) is 0. The first-order valence-electron chi connectivity index (χ1n) is 7.79. The summed E-state index contributed by atoms with van der Waals surface area (Å²) < 4.78 is 10.7. The Morgan fingerprint density at radius 1 is 1.30 bits per heavy atom. The molecule has 1 heterocycles. The molecule has 2 aromatic carbocycles. The maximum Gasteiger partial charge on any atom is 0.363 e. The quantitative estimate of drug-likeness (QED) is 0.245. The highest BCUT2D eigenvalue weighted by Gasteiger charge is 2.26. The molecule has 0 radical (unpaired) electrons. The monoisotopic (exact) mass is 384 g/mol. The molecule has 0 fully saturated rings. The Hall–Kier alpha value is -3.45. The standard InChI is InChI=1S/C19H13ClN2O5/c1-2-9-26-17-6-4-3-5-12(17)10-15-19(23)27-18(21-15)13-7-8-14(20)16(11-13)22(24)25/h2-8,10-11H,1,9H2. The van der Waals surface area contributed by atoms with Gasteiger partial charge in [-0.3, -0.25) is 10.1 Å². The first-order valence-corrected chi connectivity index (χ1v) is 8.17. The summed E-state index contributed by atoms with van der Waals surface area (Å²) in [6.07, 6.45) is 3.13. The molecule has 1 aliphatic heterocycles. The van der Waals surface area contributed by atoms with Gasteiger partial charge in [-0.15, -0.1) is 0 Å². The van der Waals surface area contributed by atoms with Crippen LogP contribution in [0.15, 0.2) is 65.8 Å². The van der Waals surface area contributed by atoms with E-state index in [1.807, 2.05) is 0 Å². The number of esters is 1. The zero-order valence-electron chi connectivity index (χ0n) is 13.9. The zero-order chi connectivity index (χ0) is 19.4. The van der Waals surface area contributed by atoms with Crippen molar-refractivity contribution in [3.8, 4) is 5.75 Å². The minimum absolute atomic E-state index is 0.0160. The van der Waals surface area contributed by atoms with Crippen LogP contribution in [0.5, 0.6) is 5.75 Å². The van der Waals surface area contributed by atoms with Gasteiger partial charge in [-0.25, -0.2) is 9.79 Å². The number of nitrogens with zero attached hydrogens (tertiary/aromatic N) is 2. The van der Waals surface area contributed by atoms with Crippen LogP contribution in [-0.4, -0.2) is 23.4 Å². The average molecular weight is 385 g/mol. The molecule has 0 atom stereocenters. The summed E-state index contributed by atoms with van der Waals surface area (Å²) in [6.45, 7) is 3.91. The van der Waals surface area contributed by atoms with E-state index in [2.05, 4.69) is 11.6 Å². The number of aliphatic imine (C=N–C) groups is 1. The van der Waals surface area contributed by atoms with Crippen LogP contribution in [0, 0.1) is 10.1 Å². The van der Waals surface area contributed by atoms with E-state index in [4.69, 9.17) is 21.1 Å². The Morgan fingerprint density at radius 2 is 2.07 bits per heavy atom. The number of hydrogen-bond acceptors (Lipinski definition) is 6. The smallest absolute Gasteiger partial charge is 0.363 e. The lowest BCUT2D eigenvalue weighted by atomic mass is 10.1. The Morgan fingerprint density at radius 3 is 2.81 bits per heavy atom. The Balaban J connectivity index is 1.96. The van der Waals surface area contributed by atoms with Crippen LogP contribution in [0.1, 0.15) is 11.1 Å². The molecule has 0 unspecified atom stereocenters. The molecule has 1 aliphatic rings. The second-order valence-corrected chi connectivity index (χ2v) is 5.80. The molecule has 0 aromatic heterocycles. The highest BCUT2D eigenvalue weighted by molar-refractivity contribution is 6.32. The Labute approximate surface area is 159 Å².